The van der Waals surface area contributed by atoms with Crippen LogP contribution < -0.4 is 9.62 Å². The van der Waals surface area contributed by atoms with E-state index in [1.165, 1.54) is 29.2 Å². The molecule has 0 radical (unpaired) electrons. The van der Waals surface area contributed by atoms with Gasteiger partial charge in [-0.1, -0.05) is 66.0 Å². The first-order chi connectivity index (χ1) is 18.5. The zero-order chi connectivity index (χ0) is 28.7. The van der Waals surface area contributed by atoms with Gasteiger partial charge in [-0.15, -0.1) is 0 Å². The molecule has 0 heterocycles. The van der Waals surface area contributed by atoms with E-state index < -0.39 is 28.5 Å². The summed E-state index contributed by atoms with van der Waals surface area (Å²) in [5.74, 6) is -0.984. The van der Waals surface area contributed by atoms with E-state index in [-0.39, 0.29) is 17.3 Å². The predicted molar refractivity (Wildman–Crippen MR) is 157 cm³/mol. The molecular formula is C28H30Cl3N3O4S. The molecule has 39 heavy (non-hydrogen) atoms. The Morgan fingerprint density at radius 1 is 0.923 bits per heavy atom. The molecule has 1 atom stereocenters. The first-order valence-corrected chi connectivity index (χ1v) is 14.9. The predicted octanol–water partition coefficient (Wildman–Crippen LogP) is 6.09. The standard InChI is InChI=1S/C28H30Cl3N3O4S/c1-4-16-32-28(36)20(3)33(17-23-24(30)9-7-10-25(23)31)27(35)18-34(26-11-6-5-8-19(26)2)39(37,38)22-14-12-21(29)13-15-22/h5-15,20H,4,16-18H2,1-3H3,(H,32,36). The SMILES string of the molecule is CCCNC(=O)C(C)N(Cc1c(Cl)cccc1Cl)C(=O)CN(c1ccccc1C)S(=O)(=O)c1ccc(Cl)cc1. The van der Waals surface area contributed by atoms with Crippen molar-refractivity contribution in [2.24, 2.45) is 0 Å². The van der Waals surface area contributed by atoms with Gasteiger partial charge in [-0.25, -0.2) is 8.42 Å². The number of sulfonamides is 1. The van der Waals surface area contributed by atoms with E-state index in [4.69, 9.17) is 34.8 Å². The number of nitrogens with zero attached hydrogens (tertiary/aromatic N) is 2. The van der Waals surface area contributed by atoms with Crippen LogP contribution >= 0.6 is 34.8 Å². The Balaban J connectivity index is 2.07. The van der Waals surface area contributed by atoms with E-state index in [9.17, 15) is 18.0 Å². The molecule has 0 saturated carbocycles. The molecule has 3 aromatic rings. The number of carbonyl (C=O) groups excluding carboxylic acids is 2. The molecule has 0 aliphatic heterocycles. The molecule has 7 nitrogen and oxygen atoms in total. The van der Waals surface area contributed by atoms with E-state index in [1.807, 2.05) is 6.92 Å². The van der Waals surface area contributed by atoms with Crippen molar-refractivity contribution < 1.29 is 18.0 Å². The molecule has 0 aromatic heterocycles. The normalized spacial score (nSPS) is 12.1. The van der Waals surface area contributed by atoms with Gasteiger partial charge in [0.15, 0.2) is 0 Å². The zero-order valence-corrected chi connectivity index (χ0v) is 24.9. The molecular weight excluding hydrogens is 581 g/mol. The highest BCUT2D eigenvalue weighted by atomic mass is 35.5. The quantitative estimate of drug-likeness (QED) is 0.285. The van der Waals surface area contributed by atoms with Gasteiger partial charge in [0.2, 0.25) is 11.8 Å². The van der Waals surface area contributed by atoms with Gasteiger partial charge in [0.25, 0.3) is 10.0 Å². The lowest BCUT2D eigenvalue weighted by molar-refractivity contribution is -0.139. The molecule has 2 amide bonds. The Bertz CT molecular complexity index is 1410. The third-order valence-corrected chi connectivity index (χ3v) is 8.91. The lowest BCUT2D eigenvalue weighted by Gasteiger charge is -2.32. The van der Waals surface area contributed by atoms with Crippen LogP contribution in [0.3, 0.4) is 0 Å². The zero-order valence-electron chi connectivity index (χ0n) is 21.8. The van der Waals surface area contributed by atoms with Gasteiger partial charge in [0.1, 0.15) is 12.6 Å². The average Bonchev–Trinajstić information content (AvgIpc) is 2.90. The van der Waals surface area contributed by atoms with Gasteiger partial charge in [-0.3, -0.25) is 13.9 Å². The first kappa shape index (κ1) is 30.8. The molecule has 1 unspecified atom stereocenters. The molecule has 3 rings (SSSR count). The second-order valence-electron chi connectivity index (χ2n) is 8.94. The summed E-state index contributed by atoms with van der Waals surface area (Å²) in [6.07, 6.45) is 0.711. The molecule has 0 bridgehead atoms. The Hall–Kier alpha value is -2.78. The van der Waals surface area contributed by atoms with E-state index in [1.54, 1.807) is 56.3 Å². The minimum atomic E-state index is -4.20. The number of hydrogen-bond acceptors (Lipinski definition) is 4. The van der Waals surface area contributed by atoms with Crippen LogP contribution in [0.15, 0.2) is 71.6 Å². The van der Waals surface area contributed by atoms with Crippen molar-refractivity contribution in [3.8, 4) is 0 Å². The third kappa shape index (κ3) is 7.45. The number of aryl methyl sites for hydroxylation is 1. The number of amides is 2. The van der Waals surface area contributed by atoms with Gasteiger partial charge in [0.05, 0.1) is 10.6 Å². The van der Waals surface area contributed by atoms with E-state index >= 15 is 0 Å². The second-order valence-corrected chi connectivity index (χ2v) is 12.1. The maximum absolute atomic E-state index is 13.9. The topological polar surface area (TPSA) is 86.8 Å². The Morgan fingerprint density at radius 2 is 1.54 bits per heavy atom. The lowest BCUT2D eigenvalue weighted by Crippen LogP contribution is -2.51. The number of benzene rings is 3. The average molecular weight is 611 g/mol. The summed E-state index contributed by atoms with van der Waals surface area (Å²) >= 11 is 18.8. The van der Waals surface area contributed by atoms with E-state index in [0.29, 0.717) is 44.8 Å². The van der Waals surface area contributed by atoms with Crippen molar-refractivity contribution >= 4 is 62.3 Å². The minimum absolute atomic E-state index is 0.0302. The fraction of sp³-hybridized carbons (Fsp3) is 0.286. The van der Waals surface area contributed by atoms with Crippen LogP contribution in [0.25, 0.3) is 0 Å². The number of halogens is 3. The van der Waals surface area contributed by atoms with Crippen LogP contribution in [0.5, 0.6) is 0 Å². The van der Waals surface area contributed by atoms with E-state index in [0.717, 1.165) is 4.31 Å². The van der Waals surface area contributed by atoms with Crippen LogP contribution in [-0.4, -0.2) is 44.3 Å². The van der Waals surface area contributed by atoms with Crippen molar-refractivity contribution in [3.63, 3.8) is 0 Å². The smallest absolute Gasteiger partial charge is 0.264 e. The third-order valence-electron chi connectivity index (χ3n) is 6.17. The van der Waals surface area contributed by atoms with Crippen molar-refractivity contribution in [1.29, 1.82) is 0 Å². The molecule has 3 aromatic carbocycles. The van der Waals surface area contributed by atoms with Crippen molar-refractivity contribution in [3.05, 3.63) is 92.9 Å². The number of nitrogens with one attached hydrogen (secondary N) is 1. The molecule has 1 N–H and O–H groups in total. The van der Waals surface area contributed by atoms with E-state index in [2.05, 4.69) is 5.32 Å². The van der Waals surface area contributed by atoms with Crippen molar-refractivity contribution in [2.75, 3.05) is 17.4 Å². The van der Waals surface area contributed by atoms with Crippen molar-refractivity contribution in [1.82, 2.24) is 10.2 Å². The van der Waals surface area contributed by atoms with Crippen molar-refractivity contribution in [2.45, 2.75) is 44.7 Å². The fourth-order valence-electron chi connectivity index (χ4n) is 3.92. The molecule has 0 fully saturated rings. The Kier molecular flexibility index (Phi) is 10.7. The number of rotatable bonds is 11. The van der Waals surface area contributed by atoms with Gasteiger partial charge < -0.3 is 10.2 Å². The maximum Gasteiger partial charge on any atom is 0.264 e. The highest BCUT2D eigenvalue weighted by Crippen LogP contribution is 2.30. The first-order valence-electron chi connectivity index (χ1n) is 12.3. The van der Waals surface area contributed by atoms with Gasteiger partial charge in [0, 0.05) is 33.7 Å². The summed E-state index contributed by atoms with van der Waals surface area (Å²) in [5.41, 5.74) is 1.43. The van der Waals surface area contributed by atoms with Gasteiger partial charge in [-0.2, -0.15) is 0 Å². The van der Waals surface area contributed by atoms with Crippen LogP contribution in [0.1, 0.15) is 31.4 Å². The largest absolute Gasteiger partial charge is 0.354 e. The fourth-order valence-corrected chi connectivity index (χ4v) is 6.04. The van der Waals surface area contributed by atoms with Crippen LogP contribution in [0, 0.1) is 6.92 Å². The van der Waals surface area contributed by atoms with Crippen LogP contribution in [0.4, 0.5) is 5.69 Å². The molecule has 208 valence electrons. The Labute approximate surface area is 244 Å². The van der Waals surface area contributed by atoms with Crippen LogP contribution in [0.2, 0.25) is 15.1 Å². The lowest BCUT2D eigenvalue weighted by atomic mass is 10.1. The summed E-state index contributed by atoms with van der Waals surface area (Å²) in [6, 6.07) is 16.6. The van der Waals surface area contributed by atoms with Gasteiger partial charge in [-0.05, 0) is 68.3 Å². The summed E-state index contributed by atoms with van der Waals surface area (Å²) in [4.78, 5) is 28.2. The Morgan fingerprint density at radius 3 is 2.13 bits per heavy atom. The molecule has 11 heteroatoms. The number of hydrogen-bond donors (Lipinski definition) is 1. The monoisotopic (exact) mass is 609 g/mol. The minimum Gasteiger partial charge on any atom is -0.354 e. The maximum atomic E-state index is 13.9. The number of para-hydroxylation sites is 1. The second kappa shape index (κ2) is 13.5. The highest BCUT2D eigenvalue weighted by molar-refractivity contribution is 7.92. The van der Waals surface area contributed by atoms with Crippen LogP contribution in [-0.2, 0) is 26.2 Å². The summed E-state index contributed by atoms with van der Waals surface area (Å²) in [6.45, 7) is 5.02. The molecule has 0 aliphatic carbocycles. The number of carbonyl (C=O) groups is 2. The molecule has 0 aliphatic rings. The molecule has 0 spiro atoms. The number of anilines is 1. The highest BCUT2D eigenvalue weighted by Gasteiger charge is 2.33. The summed E-state index contributed by atoms with van der Waals surface area (Å²) < 4.78 is 28.8. The molecule has 0 saturated heterocycles. The summed E-state index contributed by atoms with van der Waals surface area (Å²) in [7, 11) is -4.20. The van der Waals surface area contributed by atoms with Gasteiger partial charge >= 0.3 is 0 Å². The summed E-state index contributed by atoms with van der Waals surface area (Å²) in [5, 5.41) is 3.82.